The van der Waals surface area contributed by atoms with Gasteiger partial charge in [0.25, 0.3) is 0 Å². The number of benzene rings is 1. The van der Waals surface area contributed by atoms with Crippen LogP contribution in [0.3, 0.4) is 0 Å². The van der Waals surface area contributed by atoms with E-state index in [0.717, 1.165) is 31.6 Å². The Balaban J connectivity index is 1.52. The van der Waals surface area contributed by atoms with Gasteiger partial charge in [-0.05, 0) is 44.0 Å². The van der Waals surface area contributed by atoms with Gasteiger partial charge < -0.3 is 30.7 Å². The number of aliphatic hydroxyl groups is 1. The first-order valence-electron chi connectivity index (χ1n) is 11.3. The van der Waals surface area contributed by atoms with Crippen LogP contribution in [0.4, 0.5) is 5.69 Å². The number of rotatable bonds is 8. The van der Waals surface area contributed by atoms with Crippen molar-refractivity contribution < 1.29 is 10.2 Å². The average Bonchev–Trinajstić information content (AvgIpc) is 3.33. The number of aromatic hydroxyl groups is 1. The van der Waals surface area contributed by atoms with E-state index in [4.69, 9.17) is 17.0 Å². The zero-order valence-corrected chi connectivity index (χ0v) is 20.0. The number of hydrogen-bond acceptors (Lipinski definition) is 8. The normalized spacial score (nSPS) is 19.5. The van der Waals surface area contributed by atoms with E-state index in [9.17, 15) is 15.0 Å². The number of aliphatic hydroxyl groups excluding tert-OH is 1. The third-order valence-electron chi connectivity index (χ3n) is 5.72. The number of aromatic nitrogens is 2. The molecule has 12 heteroatoms. The van der Waals surface area contributed by atoms with Gasteiger partial charge in [0.05, 0.1) is 12.3 Å². The maximum absolute atomic E-state index is 11.4. The molecule has 0 bridgehead atoms. The van der Waals surface area contributed by atoms with E-state index in [1.165, 1.54) is 17.3 Å². The monoisotopic (exact) mass is 500 g/mol. The quantitative estimate of drug-likeness (QED) is 0.292. The zero-order chi connectivity index (χ0) is 24.9. The number of halogens is 1. The largest absolute Gasteiger partial charge is 0.493 e. The van der Waals surface area contributed by atoms with E-state index in [1.54, 1.807) is 25.3 Å². The van der Waals surface area contributed by atoms with E-state index >= 15 is 0 Å². The number of likely N-dealkylation sites (tertiary alicyclic amines) is 1. The summed E-state index contributed by atoms with van der Waals surface area (Å²) in [5, 5.41) is 41.3. The van der Waals surface area contributed by atoms with Crippen LogP contribution >= 0.6 is 11.6 Å². The molecule has 186 valence electrons. The van der Waals surface area contributed by atoms with Gasteiger partial charge in [-0.1, -0.05) is 17.7 Å². The van der Waals surface area contributed by atoms with Crippen LogP contribution in [0.2, 0.25) is 5.02 Å². The Morgan fingerprint density at radius 1 is 1.37 bits per heavy atom. The third-order valence-corrected chi connectivity index (χ3v) is 5.96. The summed E-state index contributed by atoms with van der Waals surface area (Å²) < 4.78 is 0. The fourth-order valence-electron chi connectivity index (χ4n) is 4.03. The first-order valence-corrected chi connectivity index (χ1v) is 11.7. The molecule has 1 unspecified atom stereocenters. The molecular formula is C23H29ClN8O3. The second-order valence-corrected chi connectivity index (χ2v) is 9.04. The second kappa shape index (κ2) is 10.8. The summed E-state index contributed by atoms with van der Waals surface area (Å²) in [5.41, 5.74) is 0.827. The Hall–Kier alpha value is -3.54. The third kappa shape index (κ3) is 6.32. The van der Waals surface area contributed by atoms with Gasteiger partial charge in [0.2, 0.25) is 5.88 Å². The van der Waals surface area contributed by atoms with Crippen LogP contribution < -0.4 is 16.3 Å². The van der Waals surface area contributed by atoms with Gasteiger partial charge in [0.1, 0.15) is 11.5 Å². The van der Waals surface area contributed by atoms with Crippen LogP contribution in [0.15, 0.2) is 51.8 Å². The van der Waals surface area contributed by atoms with Crippen molar-refractivity contribution in [3.05, 3.63) is 63.1 Å². The fraction of sp³-hybridized carbons (Fsp3) is 0.348. The smallest absolute Gasteiger partial charge is 0.326 e. The van der Waals surface area contributed by atoms with Crippen LogP contribution in [0, 0.1) is 5.41 Å². The predicted molar refractivity (Wildman–Crippen MR) is 137 cm³/mol. The maximum atomic E-state index is 11.4. The highest BCUT2D eigenvalue weighted by Crippen LogP contribution is 2.22. The van der Waals surface area contributed by atoms with E-state index < -0.39 is 5.69 Å². The predicted octanol–water partition coefficient (Wildman–Crippen LogP) is 2.07. The molecule has 0 amide bonds. The molecule has 7 N–H and O–H groups in total. The highest BCUT2D eigenvalue weighted by Gasteiger charge is 2.27. The second-order valence-electron chi connectivity index (χ2n) is 8.60. The SMILES string of the molecule is CC(O)CN1CCC(N/C(=C/Nc2cccc(Cl)c2)N2N=CC(=Cc3[nH]c(=O)[nH]c3O)C2=N)CC1. The highest BCUT2D eigenvalue weighted by molar-refractivity contribution is 6.30. The van der Waals surface area contributed by atoms with E-state index in [2.05, 4.69) is 30.6 Å². The minimum Gasteiger partial charge on any atom is -0.493 e. The average molecular weight is 501 g/mol. The summed E-state index contributed by atoms with van der Waals surface area (Å²) in [7, 11) is 0. The molecule has 1 saturated heterocycles. The molecule has 0 aliphatic carbocycles. The summed E-state index contributed by atoms with van der Waals surface area (Å²) in [5.74, 6) is 0.336. The molecule has 0 spiro atoms. The van der Waals surface area contributed by atoms with Crippen molar-refractivity contribution in [3.8, 4) is 5.88 Å². The molecule has 3 heterocycles. The number of imidazole rings is 1. The Morgan fingerprint density at radius 3 is 2.80 bits per heavy atom. The molecule has 0 radical (unpaired) electrons. The van der Waals surface area contributed by atoms with Crippen LogP contribution in [0.1, 0.15) is 25.5 Å². The number of piperidine rings is 1. The lowest BCUT2D eigenvalue weighted by atomic mass is 10.0. The number of hydrazone groups is 1. The highest BCUT2D eigenvalue weighted by atomic mass is 35.5. The molecule has 11 nitrogen and oxygen atoms in total. The number of H-pyrrole nitrogens is 2. The molecule has 2 aliphatic heterocycles. The standard InChI is InChI=1S/C23H29ClN8O3/c1-14(33)13-31-7-5-17(6-8-31)28-20(12-26-18-4-2-3-16(24)10-18)32-21(25)15(11-27-32)9-19-22(34)30-23(35)29-19/h2-4,9-12,14,17,25-26,28,33-34H,5-8,13H2,1H3,(H2,29,30,35)/b15-9?,20-12-,25-21?. The number of hydrogen-bond donors (Lipinski definition) is 7. The van der Waals surface area contributed by atoms with E-state index in [0.29, 0.717) is 23.0 Å². The van der Waals surface area contributed by atoms with Gasteiger partial charge in [-0.15, -0.1) is 0 Å². The minimum absolute atomic E-state index is 0.0737. The summed E-state index contributed by atoms with van der Waals surface area (Å²) in [6, 6.07) is 7.44. The van der Waals surface area contributed by atoms with Crippen LogP contribution in [-0.2, 0) is 0 Å². The fourth-order valence-corrected chi connectivity index (χ4v) is 4.22. The number of nitrogens with one attached hydrogen (secondary N) is 5. The first-order chi connectivity index (χ1) is 16.8. The summed E-state index contributed by atoms with van der Waals surface area (Å²) in [4.78, 5) is 18.4. The number of β-amino-alcohol motifs (C(OH)–C–C–N with tert-alkyl or cyclic N) is 1. The van der Waals surface area contributed by atoms with Crippen LogP contribution in [-0.4, -0.2) is 73.9 Å². The lowest BCUT2D eigenvalue weighted by Gasteiger charge is -2.34. The molecule has 0 saturated carbocycles. The molecule has 35 heavy (non-hydrogen) atoms. The van der Waals surface area contributed by atoms with E-state index in [1.807, 2.05) is 12.1 Å². The molecule has 1 atom stereocenters. The summed E-state index contributed by atoms with van der Waals surface area (Å²) in [6.45, 7) is 4.14. The first kappa shape index (κ1) is 24.6. The molecule has 1 fully saturated rings. The number of amidine groups is 1. The molecule has 4 rings (SSSR count). The molecule has 2 aliphatic rings. The van der Waals surface area contributed by atoms with Crippen molar-refractivity contribution in [2.75, 3.05) is 25.0 Å². The molecule has 2 aromatic rings. The lowest BCUT2D eigenvalue weighted by molar-refractivity contribution is 0.106. The van der Waals surface area contributed by atoms with Gasteiger partial charge in [-0.2, -0.15) is 10.1 Å². The Kier molecular flexibility index (Phi) is 7.59. The lowest BCUT2D eigenvalue weighted by Crippen LogP contribution is -2.46. The molecule has 1 aromatic carbocycles. The van der Waals surface area contributed by atoms with E-state index in [-0.39, 0.29) is 29.6 Å². The Morgan fingerprint density at radius 2 is 2.14 bits per heavy atom. The van der Waals surface area contributed by atoms with Crippen molar-refractivity contribution >= 4 is 35.4 Å². The van der Waals surface area contributed by atoms with Gasteiger partial charge >= 0.3 is 5.69 Å². The molecular weight excluding hydrogens is 472 g/mol. The van der Waals surface area contributed by atoms with Gasteiger partial charge in [-0.25, -0.2) is 4.79 Å². The maximum Gasteiger partial charge on any atom is 0.326 e. The minimum atomic E-state index is -0.539. The van der Waals surface area contributed by atoms with Crippen molar-refractivity contribution in [3.63, 3.8) is 0 Å². The van der Waals surface area contributed by atoms with Gasteiger partial charge in [0, 0.05) is 48.2 Å². The summed E-state index contributed by atoms with van der Waals surface area (Å²) in [6.07, 6.45) is 6.08. The molecule has 1 aromatic heterocycles. The van der Waals surface area contributed by atoms with Crippen molar-refractivity contribution in [2.24, 2.45) is 5.10 Å². The Labute approximate surface area is 207 Å². The topological polar surface area (TPSA) is 156 Å². The van der Waals surface area contributed by atoms with Gasteiger partial charge in [0.15, 0.2) is 5.84 Å². The van der Waals surface area contributed by atoms with Crippen molar-refractivity contribution in [1.82, 2.24) is 25.2 Å². The van der Waals surface area contributed by atoms with Crippen LogP contribution in [0.25, 0.3) is 6.08 Å². The van der Waals surface area contributed by atoms with Crippen LogP contribution in [0.5, 0.6) is 5.88 Å². The Bertz CT molecular complexity index is 1210. The summed E-state index contributed by atoms with van der Waals surface area (Å²) >= 11 is 6.10. The number of anilines is 1. The van der Waals surface area contributed by atoms with Crippen molar-refractivity contribution in [1.29, 1.82) is 5.41 Å². The van der Waals surface area contributed by atoms with Gasteiger partial charge in [-0.3, -0.25) is 10.4 Å². The number of nitrogens with zero attached hydrogens (tertiary/aromatic N) is 3. The van der Waals surface area contributed by atoms with Crippen molar-refractivity contribution in [2.45, 2.75) is 31.9 Å². The number of aromatic amines is 2. The zero-order valence-electron chi connectivity index (χ0n) is 19.3.